The number of anilines is 1. The monoisotopic (exact) mass is 338 g/mol. The summed E-state index contributed by atoms with van der Waals surface area (Å²) in [4.78, 5) is 16.5. The summed E-state index contributed by atoms with van der Waals surface area (Å²) in [6.07, 6.45) is 0. The van der Waals surface area contributed by atoms with Crippen LogP contribution in [0.4, 0.5) is 5.13 Å². The normalized spacial score (nSPS) is 11.4. The summed E-state index contributed by atoms with van der Waals surface area (Å²) in [5.41, 5.74) is 1.61. The molecule has 0 saturated carbocycles. The molecule has 1 heterocycles. The fourth-order valence-corrected chi connectivity index (χ4v) is 2.64. The highest BCUT2D eigenvalue weighted by molar-refractivity contribution is 9.10. The van der Waals surface area contributed by atoms with Gasteiger partial charge in [-0.05, 0) is 24.3 Å². The highest BCUT2D eigenvalue weighted by Gasteiger charge is 2.18. The number of nitrogens with zero attached hydrogens (tertiary/aromatic N) is 1. The maximum atomic E-state index is 12.0. The number of rotatable bonds is 2. The molecule has 5 heteroatoms. The first-order chi connectivity index (χ1) is 8.86. The van der Waals surface area contributed by atoms with Crippen LogP contribution < -0.4 is 5.32 Å². The third-order valence-electron chi connectivity index (χ3n) is 2.60. The maximum absolute atomic E-state index is 12.0. The van der Waals surface area contributed by atoms with E-state index in [4.69, 9.17) is 0 Å². The standard InChI is InChI=1S/C14H15BrN2OS/c1-14(2,3)11-8-19-13(16-11)17-12(18)9-4-6-10(15)7-5-9/h4-8H,1-3H3,(H,16,17,18). The van der Waals surface area contributed by atoms with E-state index in [2.05, 4.69) is 47.0 Å². The van der Waals surface area contributed by atoms with Crippen molar-refractivity contribution in [3.63, 3.8) is 0 Å². The van der Waals surface area contributed by atoms with Gasteiger partial charge < -0.3 is 0 Å². The van der Waals surface area contributed by atoms with Gasteiger partial charge in [0.15, 0.2) is 5.13 Å². The Bertz CT molecular complexity index is 584. The van der Waals surface area contributed by atoms with Gasteiger partial charge in [-0.15, -0.1) is 11.3 Å². The molecule has 0 atom stereocenters. The molecule has 2 aromatic rings. The lowest BCUT2D eigenvalue weighted by Gasteiger charge is -2.14. The van der Waals surface area contributed by atoms with Crippen LogP contribution in [0.2, 0.25) is 0 Å². The van der Waals surface area contributed by atoms with Crippen molar-refractivity contribution >= 4 is 38.3 Å². The molecule has 0 spiro atoms. The Balaban J connectivity index is 2.11. The second kappa shape index (κ2) is 5.43. The van der Waals surface area contributed by atoms with Crippen molar-refractivity contribution in [2.75, 3.05) is 5.32 Å². The molecule has 0 unspecified atom stereocenters. The fraction of sp³-hybridized carbons (Fsp3) is 0.286. The minimum Gasteiger partial charge on any atom is -0.298 e. The first-order valence-corrected chi connectivity index (χ1v) is 7.56. The molecule has 100 valence electrons. The van der Waals surface area contributed by atoms with Gasteiger partial charge in [0.2, 0.25) is 0 Å². The quantitative estimate of drug-likeness (QED) is 0.878. The van der Waals surface area contributed by atoms with Gasteiger partial charge in [0, 0.05) is 20.8 Å². The molecule has 0 aliphatic heterocycles. The van der Waals surface area contributed by atoms with E-state index < -0.39 is 0 Å². The molecule has 1 amide bonds. The van der Waals surface area contributed by atoms with E-state index in [1.54, 1.807) is 12.1 Å². The Morgan fingerprint density at radius 1 is 1.26 bits per heavy atom. The molecule has 0 bridgehead atoms. The Morgan fingerprint density at radius 2 is 1.89 bits per heavy atom. The Kier molecular flexibility index (Phi) is 4.06. The number of benzene rings is 1. The molecular formula is C14H15BrN2OS. The molecule has 19 heavy (non-hydrogen) atoms. The van der Waals surface area contributed by atoms with Crippen LogP contribution in [0.3, 0.4) is 0 Å². The molecule has 0 radical (unpaired) electrons. The number of thiazole rings is 1. The van der Waals surface area contributed by atoms with Crippen LogP contribution in [-0.4, -0.2) is 10.9 Å². The third kappa shape index (κ3) is 3.64. The summed E-state index contributed by atoms with van der Waals surface area (Å²) in [7, 11) is 0. The van der Waals surface area contributed by atoms with E-state index in [0.29, 0.717) is 10.7 Å². The lowest BCUT2D eigenvalue weighted by molar-refractivity contribution is 0.102. The van der Waals surface area contributed by atoms with Crippen molar-refractivity contribution < 1.29 is 4.79 Å². The predicted octanol–water partition coefficient (Wildman–Crippen LogP) is 4.46. The largest absolute Gasteiger partial charge is 0.298 e. The number of amides is 1. The fourth-order valence-electron chi connectivity index (χ4n) is 1.45. The number of carbonyl (C=O) groups excluding carboxylic acids is 1. The van der Waals surface area contributed by atoms with E-state index in [9.17, 15) is 4.79 Å². The summed E-state index contributed by atoms with van der Waals surface area (Å²) in [5, 5.41) is 5.44. The van der Waals surface area contributed by atoms with E-state index in [1.165, 1.54) is 11.3 Å². The third-order valence-corrected chi connectivity index (χ3v) is 3.89. The number of halogens is 1. The smallest absolute Gasteiger partial charge is 0.257 e. The van der Waals surface area contributed by atoms with E-state index in [0.717, 1.165) is 10.2 Å². The van der Waals surface area contributed by atoms with E-state index in [1.807, 2.05) is 17.5 Å². The molecule has 1 aromatic carbocycles. The average molecular weight is 339 g/mol. The molecule has 0 aliphatic carbocycles. The lowest BCUT2D eigenvalue weighted by atomic mass is 9.93. The van der Waals surface area contributed by atoms with Crippen LogP contribution in [0.15, 0.2) is 34.1 Å². The van der Waals surface area contributed by atoms with Crippen molar-refractivity contribution in [2.45, 2.75) is 26.2 Å². The average Bonchev–Trinajstić information content (AvgIpc) is 2.78. The van der Waals surface area contributed by atoms with Crippen LogP contribution in [-0.2, 0) is 5.41 Å². The zero-order valence-corrected chi connectivity index (χ0v) is 13.4. The zero-order valence-electron chi connectivity index (χ0n) is 11.0. The first-order valence-electron chi connectivity index (χ1n) is 5.89. The number of aromatic nitrogens is 1. The SMILES string of the molecule is CC(C)(C)c1csc(NC(=O)c2ccc(Br)cc2)n1. The van der Waals surface area contributed by atoms with E-state index >= 15 is 0 Å². The van der Waals surface area contributed by atoms with Gasteiger partial charge in [-0.1, -0.05) is 36.7 Å². The number of nitrogens with one attached hydrogen (secondary N) is 1. The van der Waals surface area contributed by atoms with Crippen LogP contribution in [0.5, 0.6) is 0 Å². The Hall–Kier alpha value is -1.20. The zero-order chi connectivity index (χ0) is 14.0. The van der Waals surface area contributed by atoms with Gasteiger partial charge in [-0.2, -0.15) is 0 Å². The number of carbonyl (C=O) groups is 1. The molecule has 1 N–H and O–H groups in total. The van der Waals surface area contributed by atoms with Crippen molar-refractivity contribution in [3.8, 4) is 0 Å². The topological polar surface area (TPSA) is 42.0 Å². The second-order valence-corrected chi connectivity index (χ2v) is 7.02. The maximum Gasteiger partial charge on any atom is 0.257 e. The minimum atomic E-state index is -0.137. The molecule has 0 aliphatic rings. The lowest BCUT2D eigenvalue weighted by Crippen LogP contribution is -2.14. The molecule has 0 fully saturated rings. The Morgan fingerprint density at radius 3 is 2.42 bits per heavy atom. The minimum absolute atomic E-state index is 0.00289. The van der Waals surface area contributed by atoms with Gasteiger partial charge in [-0.3, -0.25) is 10.1 Å². The van der Waals surface area contributed by atoms with Crippen molar-refractivity contribution in [3.05, 3.63) is 45.4 Å². The highest BCUT2D eigenvalue weighted by Crippen LogP contribution is 2.26. The van der Waals surface area contributed by atoms with Crippen LogP contribution in [0, 0.1) is 0 Å². The summed E-state index contributed by atoms with van der Waals surface area (Å²) in [6.45, 7) is 6.30. The van der Waals surface area contributed by atoms with Crippen LogP contribution in [0.25, 0.3) is 0 Å². The molecule has 1 aromatic heterocycles. The molecule has 2 rings (SSSR count). The summed E-state index contributed by atoms with van der Waals surface area (Å²) >= 11 is 4.79. The Labute approximate surface area is 125 Å². The molecule has 3 nitrogen and oxygen atoms in total. The van der Waals surface area contributed by atoms with Gasteiger partial charge >= 0.3 is 0 Å². The van der Waals surface area contributed by atoms with Crippen molar-refractivity contribution in [1.82, 2.24) is 4.98 Å². The van der Waals surface area contributed by atoms with Gasteiger partial charge in [-0.25, -0.2) is 4.98 Å². The van der Waals surface area contributed by atoms with Gasteiger partial charge in [0.25, 0.3) is 5.91 Å². The molecular weight excluding hydrogens is 324 g/mol. The first kappa shape index (κ1) is 14.2. The predicted molar refractivity (Wildman–Crippen MR) is 82.9 cm³/mol. The highest BCUT2D eigenvalue weighted by atomic mass is 79.9. The van der Waals surface area contributed by atoms with Crippen LogP contribution in [0.1, 0.15) is 36.8 Å². The summed E-state index contributed by atoms with van der Waals surface area (Å²) in [5.74, 6) is -0.137. The summed E-state index contributed by atoms with van der Waals surface area (Å²) < 4.78 is 0.952. The molecule has 0 saturated heterocycles. The van der Waals surface area contributed by atoms with Crippen molar-refractivity contribution in [1.29, 1.82) is 0 Å². The second-order valence-electron chi connectivity index (χ2n) is 5.25. The number of hydrogen-bond acceptors (Lipinski definition) is 3. The van der Waals surface area contributed by atoms with Crippen molar-refractivity contribution in [2.24, 2.45) is 0 Å². The van der Waals surface area contributed by atoms with Crippen LogP contribution >= 0.6 is 27.3 Å². The summed E-state index contributed by atoms with van der Waals surface area (Å²) in [6, 6.07) is 7.24. The van der Waals surface area contributed by atoms with Gasteiger partial charge in [0.05, 0.1) is 5.69 Å². The number of hydrogen-bond donors (Lipinski definition) is 1. The van der Waals surface area contributed by atoms with Gasteiger partial charge in [0.1, 0.15) is 0 Å². The van der Waals surface area contributed by atoms with E-state index in [-0.39, 0.29) is 11.3 Å².